The zero-order valence-electron chi connectivity index (χ0n) is 9.35. The van der Waals surface area contributed by atoms with E-state index in [1.165, 1.54) is 16.7 Å². The molecule has 0 unspecified atom stereocenters. The Kier molecular flexibility index (Phi) is 3.68. The van der Waals surface area contributed by atoms with Gasteiger partial charge in [-0.2, -0.15) is 0 Å². The summed E-state index contributed by atoms with van der Waals surface area (Å²) in [6, 6.07) is 3.84. The summed E-state index contributed by atoms with van der Waals surface area (Å²) in [5, 5.41) is 2.67. The number of carbonyl (C=O) groups is 1. The zero-order valence-corrected chi connectivity index (χ0v) is 9.35. The summed E-state index contributed by atoms with van der Waals surface area (Å²) in [5.41, 5.74) is 6.78. The van der Waals surface area contributed by atoms with Crippen molar-refractivity contribution in [2.24, 2.45) is 5.84 Å². The number of hydrazine groups is 1. The lowest BCUT2D eigenvalue weighted by atomic mass is 10.00. The highest BCUT2D eigenvalue weighted by Crippen LogP contribution is 2.15. The summed E-state index contributed by atoms with van der Waals surface area (Å²) in [6.07, 6.45) is 0. The Balaban J connectivity index is 2.81. The van der Waals surface area contributed by atoms with E-state index in [0.717, 1.165) is 5.56 Å². The van der Waals surface area contributed by atoms with Gasteiger partial charge in [0.05, 0.1) is 0 Å². The van der Waals surface area contributed by atoms with Crippen molar-refractivity contribution in [1.82, 2.24) is 10.7 Å². The fourth-order valence-electron chi connectivity index (χ4n) is 1.71. The van der Waals surface area contributed by atoms with Gasteiger partial charge in [0.15, 0.2) is 0 Å². The summed E-state index contributed by atoms with van der Waals surface area (Å²) in [7, 11) is 0. The van der Waals surface area contributed by atoms with Crippen LogP contribution in [0.15, 0.2) is 12.1 Å². The van der Waals surface area contributed by atoms with Crippen LogP contribution in [0.5, 0.6) is 0 Å². The van der Waals surface area contributed by atoms with Gasteiger partial charge < -0.3 is 5.32 Å². The van der Waals surface area contributed by atoms with Crippen LogP contribution in [0.2, 0.25) is 0 Å². The molecule has 0 saturated carbocycles. The molecule has 0 aliphatic rings. The third kappa shape index (κ3) is 2.95. The monoisotopic (exact) mass is 207 g/mol. The average Bonchev–Trinajstić information content (AvgIpc) is 2.15. The van der Waals surface area contributed by atoms with Crippen LogP contribution in [0.1, 0.15) is 22.3 Å². The van der Waals surface area contributed by atoms with Crippen molar-refractivity contribution in [1.29, 1.82) is 0 Å². The first kappa shape index (κ1) is 11.5. The molecule has 0 aliphatic carbocycles. The summed E-state index contributed by atoms with van der Waals surface area (Å²) >= 11 is 0. The number of urea groups is 1. The lowest BCUT2D eigenvalue weighted by molar-refractivity contribution is 0.240. The number of hydrogen-bond acceptors (Lipinski definition) is 2. The van der Waals surface area contributed by atoms with E-state index in [1.54, 1.807) is 0 Å². The van der Waals surface area contributed by atoms with Crippen LogP contribution in [-0.2, 0) is 6.54 Å². The normalized spacial score (nSPS) is 9.87. The van der Waals surface area contributed by atoms with Gasteiger partial charge in [-0.25, -0.2) is 10.6 Å². The zero-order chi connectivity index (χ0) is 11.4. The summed E-state index contributed by atoms with van der Waals surface area (Å²) in [4.78, 5) is 10.9. The molecule has 0 bridgehead atoms. The van der Waals surface area contributed by atoms with Crippen molar-refractivity contribution >= 4 is 6.03 Å². The lowest BCUT2D eigenvalue weighted by Gasteiger charge is -2.11. The van der Waals surface area contributed by atoms with E-state index in [4.69, 9.17) is 5.84 Å². The minimum Gasteiger partial charge on any atom is -0.333 e. The van der Waals surface area contributed by atoms with Gasteiger partial charge in [0.2, 0.25) is 0 Å². The van der Waals surface area contributed by atoms with Crippen LogP contribution < -0.4 is 16.6 Å². The van der Waals surface area contributed by atoms with Crippen LogP contribution in [0.4, 0.5) is 4.79 Å². The second-order valence-corrected chi connectivity index (χ2v) is 3.70. The molecule has 0 saturated heterocycles. The molecule has 82 valence electrons. The molecular formula is C11H17N3O. The first-order valence-electron chi connectivity index (χ1n) is 4.85. The fraction of sp³-hybridized carbons (Fsp3) is 0.364. The van der Waals surface area contributed by atoms with Crippen LogP contribution in [0, 0.1) is 20.8 Å². The SMILES string of the molecule is Cc1cc(C)c(CNC(=O)NN)c(C)c1. The van der Waals surface area contributed by atoms with Crippen molar-refractivity contribution in [2.75, 3.05) is 0 Å². The van der Waals surface area contributed by atoms with Gasteiger partial charge in [0, 0.05) is 6.54 Å². The average molecular weight is 207 g/mol. The highest BCUT2D eigenvalue weighted by atomic mass is 16.2. The quantitative estimate of drug-likeness (QED) is 0.388. The van der Waals surface area contributed by atoms with E-state index in [-0.39, 0.29) is 6.03 Å². The highest BCUT2D eigenvalue weighted by molar-refractivity contribution is 5.73. The number of rotatable bonds is 2. The first-order valence-corrected chi connectivity index (χ1v) is 4.85. The third-order valence-corrected chi connectivity index (χ3v) is 2.40. The maximum atomic E-state index is 10.9. The van der Waals surface area contributed by atoms with Gasteiger partial charge in [-0.15, -0.1) is 0 Å². The predicted molar refractivity (Wildman–Crippen MR) is 60.2 cm³/mol. The lowest BCUT2D eigenvalue weighted by Crippen LogP contribution is -2.39. The number of benzene rings is 1. The number of nitrogens with two attached hydrogens (primary N) is 1. The minimum absolute atomic E-state index is 0.366. The van der Waals surface area contributed by atoms with E-state index >= 15 is 0 Å². The standard InChI is InChI=1S/C11H17N3O/c1-7-4-8(2)10(9(3)5-7)6-13-11(15)14-12/h4-5H,6,12H2,1-3H3,(H2,13,14,15). The van der Waals surface area contributed by atoms with E-state index in [1.807, 2.05) is 19.3 Å². The molecule has 1 aromatic carbocycles. The number of aryl methyl sites for hydroxylation is 3. The Bertz CT molecular complexity index is 351. The molecular weight excluding hydrogens is 190 g/mol. The Morgan fingerprint density at radius 2 is 1.80 bits per heavy atom. The molecule has 4 heteroatoms. The highest BCUT2D eigenvalue weighted by Gasteiger charge is 2.04. The summed E-state index contributed by atoms with van der Waals surface area (Å²) < 4.78 is 0. The van der Waals surface area contributed by atoms with Gasteiger partial charge >= 0.3 is 6.03 Å². The van der Waals surface area contributed by atoms with Crippen molar-refractivity contribution in [3.63, 3.8) is 0 Å². The van der Waals surface area contributed by atoms with Crippen LogP contribution in [0.25, 0.3) is 0 Å². The van der Waals surface area contributed by atoms with E-state index in [0.29, 0.717) is 6.54 Å². The molecule has 0 radical (unpaired) electrons. The maximum absolute atomic E-state index is 10.9. The molecule has 1 rings (SSSR count). The topological polar surface area (TPSA) is 67.2 Å². The molecule has 2 amide bonds. The molecule has 0 aromatic heterocycles. The van der Waals surface area contributed by atoms with Gasteiger partial charge in [0.1, 0.15) is 0 Å². The van der Waals surface area contributed by atoms with E-state index < -0.39 is 0 Å². The summed E-state index contributed by atoms with van der Waals surface area (Å²) in [6.45, 7) is 6.64. The van der Waals surface area contributed by atoms with Crippen molar-refractivity contribution in [2.45, 2.75) is 27.3 Å². The molecule has 4 N–H and O–H groups in total. The molecule has 0 aliphatic heterocycles. The Morgan fingerprint density at radius 3 is 2.27 bits per heavy atom. The van der Waals surface area contributed by atoms with Gasteiger partial charge in [-0.3, -0.25) is 5.43 Å². The molecule has 0 spiro atoms. The third-order valence-electron chi connectivity index (χ3n) is 2.40. The van der Waals surface area contributed by atoms with Crippen LogP contribution >= 0.6 is 0 Å². The molecule has 1 aromatic rings. The summed E-state index contributed by atoms with van der Waals surface area (Å²) in [5.74, 6) is 4.97. The van der Waals surface area contributed by atoms with Crippen molar-refractivity contribution < 1.29 is 4.79 Å². The number of hydrogen-bond donors (Lipinski definition) is 3. The van der Waals surface area contributed by atoms with Gasteiger partial charge in [0.25, 0.3) is 0 Å². The molecule has 0 fully saturated rings. The first-order chi connectivity index (χ1) is 7.04. The van der Waals surface area contributed by atoms with Crippen molar-refractivity contribution in [3.8, 4) is 0 Å². The van der Waals surface area contributed by atoms with Gasteiger partial charge in [-0.05, 0) is 37.5 Å². The van der Waals surface area contributed by atoms with Crippen molar-refractivity contribution in [3.05, 3.63) is 34.4 Å². The molecule has 4 nitrogen and oxygen atoms in total. The van der Waals surface area contributed by atoms with E-state index in [9.17, 15) is 4.79 Å². The second kappa shape index (κ2) is 4.79. The van der Waals surface area contributed by atoms with E-state index in [2.05, 4.69) is 24.4 Å². The number of carbonyl (C=O) groups excluding carboxylic acids is 1. The Labute approximate surface area is 89.8 Å². The fourth-order valence-corrected chi connectivity index (χ4v) is 1.71. The maximum Gasteiger partial charge on any atom is 0.329 e. The van der Waals surface area contributed by atoms with Gasteiger partial charge in [-0.1, -0.05) is 17.7 Å². The molecule has 15 heavy (non-hydrogen) atoms. The Morgan fingerprint density at radius 1 is 1.27 bits per heavy atom. The molecule has 0 heterocycles. The predicted octanol–water partition coefficient (Wildman–Crippen LogP) is 1.28. The smallest absolute Gasteiger partial charge is 0.329 e. The number of amides is 2. The minimum atomic E-state index is -0.366. The van der Waals surface area contributed by atoms with Crippen LogP contribution in [-0.4, -0.2) is 6.03 Å². The second-order valence-electron chi connectivity index (χ2n) is 3.70. The number of nitrogens with one attached hydrogen (secondary N) is 2. The Hall–Kier alpha value is -1.55. The molecule has 0 atom stereocenters. The van der Waals surface area contributed by atoms with Crippen LogP contribution in [0.3, 0.4) is 0 Å². The largest absolute Gasteiger partial charge is 0.333 e.